The van der Waals surface area contributed by atoms with Crippen molar-refractivity contribution < 1.29 is 4.79 Å². The summed E-state index contributed by atoms with van der Waals surface area (Å²) < 4.78 is 2.66. The average molecular weight is 394 g/mol. The van der Waals surface area contributed by atoms with Gasteiger partial charge in [-0.25, -0.2) is 18.9 Å². The van der Waals surface area contributed by atoms with E-state index in [9.17, 15) is 9.59 Å². The topological polar surface area (TPSA) is 84.5 Å². The Kier molecular flexibility index (Phi) is 5.08. The SMILES string of the molecule is Cc1ccc(NC(=O)Cn2nc3c(N4C[C@H](C)C[C@H](C)C4)nccn3c2=O)cc1. The average Bonchev–Trinajstić information content (AvgIpc) is 2.98. The molecule has 1 aromatic carbocycles. The number of amides is 1. The Morgan fingerprint density at radius 3 is 2.55 bits per heavy atom. The molecule has 29 heavy (non-hydrogen) atoms. The van der Waals surface area contributed by atoms with Crippen molar-refractivity contribution in [3.63, 3.8) is 0 Å². The summed E-state index contributed by atoms with van der Waals surface area (Å²) in [6.45, 7) is 8.04. The van der Waals surface area contributed by atoms with Crippen molar-refractivity contribution >= 4 is 23.1 Å². The Morgan fingerprint density at radius 2 is 1.86 bits per heavy atom. The van der Waals surface area contributed by atoms with E-state index in [1.807, 2.05) is 31.2 Å². The highest BCUT2D eigenvalue weighted by atomic mass is 16.2. The van der Waals surface area contributed by atoms with Gasteiger partial charge in [0.2, 0.25) is 11.6 Å². The van der Waals surface area contributed by atoms with Crippen LogP contribution in [0.1, 0.15) is 25.8 Å². The zero-order valence-corrected chi connectivity index (χ0v) is 17.0. The number of carbonyl (C=O) groups is 1. The van der Waals surface area contributed by atoms with Crippen LogP contribution in [0.3, 0.4) is 0 Å². The minimum atomic E-state index is -0.346. The summed E-state index contributed by atoms with van der Waals surface area (Å²) in [7, 11) is 0. The normalized spacial score (nSPS) is 19.5. The third kappa shape index (κ3) is 4.01. The predicted molar refractivity (Wildman–Crippen MR) is 112 cm³/mol. The Bertz CT molecular complexity index is 1070. The monoisotopic (exact) mass is 394 g/mol. The molecule has 3 aromatic rings. The molecule has 0 saturated carbocycles. The smallest absolute Gasteiger partial charge is 0.350 e. The van der Waals surface area contributed by atoms with Gasteiger partial charge in [-0.2, -0.15) is 0 Å². The van der Waals surface area contributed by atoms with Crippen LogP contribution in [0, 0.1) is 18.8 Å². The van der Waals surface area contributed by atoms with Crippen LogP contribution in [-0.2, 0) is 11.3 Å². The number of rotatable bonds is 4. The molecule has 1 N–H and O–H groups in total. The number of nitrogens with zero attached hydrogens (tertiary/aromatic N) is 5. The van der Waals surface area contributed by atoms with Crippen LogP contribution in [0.15, 0.2) is 41.5 Å². The Morgan fingerprint density at radius 1 is 1.17 bits per heavy atom. The number of aryl methyl sites for hydroxylation is 1. The fourth-order valence-corrected chi connectivity index (χ4v) is 4.07. The van der Waals surface area contributed by atoms with Crippen LogP contribution < -0.4 is 15.9 Å². The molecule has 1 aliphatic heterocycles. The lowest BCUT2D eigenvalue weighted by molar-refractivity contribution is -0.117. The van der Waals surface area contributed by atoms with E-state index in [0.29, 0.717) is 29.0 Å². The van der Waals surface area contributed by atoms with Gasteiger partial charge in [0, 0.05) is 31.2 Å². The lowest BCUT2D eigenvalue weighted by Crippen LogP contribution is -2.39. The lowest BCUT2D eigenvalue weighted by Gasteiger charge is -2.35. The zero-order chi connectivity index (χ0) is 20.5. The summed E-state index contributed by atoms with van der Waals surface area (Å²) >= 11 is 0. The summed E-state index contributed by atoms with van der Waals surface area (Å²) in [6, 6.07) is 7.51. The maximum Gasteiger partial charge on any atom is 0.350 e. The standard InChI is InChI=1S/C21H26N6O2/c1-14-4-6-17(7-5-14)23-18(28)13-27-21(29)26-9-8-22-19(20(26)24-27)25-11-15(2)10-16(3)12-25/h4-9,15-16H,10-13H2,1-3H3,(H,23,28)/t15-,16+. The number of carbonyl (C=O) groups excluding carboxylic acids is 1. The first-order valence-electron chi connectivity index (χ1n) is 9.96. The van der Waals surface area contributed by atoms with Gasteiger partial charge < -0.3 is 10.2 Å². The van der Waals surface area contributed by atoms with Gasteiger partial charge in [-0.3, -0.25) is 4.79 Å². The summed E-state index contributed by atoms with van der Waals surface area (Å²) in [6.07, 6.45) is 4.39. The van der Waals surface area contributed by atoms with Crippen molar-refractivity contribution in [1.82, 2.24) is 19.2 Å². The second kappa shape index (κ2) is 7.69. The molecule has 0 bridgehead atoms. The van der Waals surface area contributed by atoms with Crippen LogP contribution in [-0.4, -0.2) is 38.2 Å². The third-order valence-electron chi connectivity index (χ3n) is 5.28. The summed E-state index contributed by atoms with van der Waals surface area (Å²) in [5, 5.41) is 7.24. The molecule has 1 aliphatic rings. The molecule has 3 heterocycles. The van der Waals surface area contributed by atoms with E-state index < -0.39 is 0 Å². The van der Waals surface area contributed by atoms with Gasteiger partial charge in [0.15, 0.2) is 5.82 Å². The molecule has 8 heteroatoms. The van der Waals surface area contributed by atoms with Crippen LogP contribution >= 0.6 is 0 Å². The van der Waals surface area contributed by atoms with Gasteiger partial charge in [0.25, 0.3) is 0 Å². The molecule has 1 amide bonds. The molecule has 0 spiro atoms. The molecule has 4 rings (SSSR count). The van der Waals surface area contributed by atoms with Crippen molar-refractivity contribution in [2.45, 2.75) is 33.7 Å². The van der Waals surface area contributed by atoms with E-state index in [4.69, 9.17) is 0 Å². The third-order valence-corrected chi connectivity index (χ3v) is 5.28. The van der Waals surface area contributed by atoms with Gasteiger partial charge in [0.1, 0.15) is 6.54 Å². The van der Waals surface area contributed by atoms with Crippen LogP contribution in [0.5, 0.6) is 0 Å². The molecule has 0 aliphatic carbocycles. The number of anilines is 2. The van der Waals surface area contributed by atoms with Gasteiger partial charge in [-0.15, -0.1) is 5.10 Å². The molecule has 1 saturated heterocycles. The first-order chi connectivity index (χ1) is 13.9. The summed E-state index contributed by atoms with van der Waals surface area (Å²) in [5.41, 5.74) is 1.94. The van der Waals surface area contributed by atoms with Crippen LogP contribution in [0.2, 0.25) is 0 Å². The molecule has 8 nitrogen and oxygen atoms in total. The number of aromatic nitrogens is 4. The van der Waals surface area contributed by atoms with Gasteiger partial charge in [-0.05, 0) is 37.3 Å². The number of nitrogens with one attached hydrogen (secondary N) is 1. The summed E-state index contributed by atoms with van der Waals surface area (Å²) in [4.78, 5) is 31.9. The van der Waals surface area contributed by atoms with Crippen molar-refractivity contribution in [2.24, 2.45) is 11.8 Å². The first-order valence-corrected chi connectivity index (χ1v) is 9.96. The number of benzene rings is 1. The molecular formula is C21H26N6O2. The van der Waals surface area contributed by atoms with E-state index in [-0.39, 0.29) is 18.1 Å². The van der Waals surface area contributed by atoms with E-state index in [1.165, 1.54) is 15.5 Å². The molecule has 2 atom stereocenters. The van der Waals surface area contributed by atoms with E-state index in [2.05, 4.69) is 34.1 Å². The largest absolute Gasteiger partial charge is 0.353 e. The zero-order valence-electron chi connectivity index (χ0n) is 17.0. The summed E-state index contributed by atoms with van der Waals surface area (Å²) in [5.74, 6) is 1.50. The van der Waals surface area contributed by atoms with E-state index >= 15 is 0 Å². The highest BCUT2D eigenvalue weighted by molar-refractivity contribution is 5.90. The van der Waals surface area contributed by atoms with Crippen molar-refractivity contribution in [1.29, 1.82) is 0 Å². The second-order valence-corrected chi connectivity index (χ2v) is 8.15. The van der Waals surface area contributed by atoms with Gasteiger partial charge in [-0.1, -0.05) is 31.5 Å². The lowest BCUT2D eigenvalue weighted by atomic mass is 9.92. The number of hydrogen-bond donors (Lipinski definition) is 1. The molecule has 1 fully saturated rings. The molecule has 152 valence electrons. The van der Waals surface area contributed by atoms with Crippen molar-refractivity contribution in [2.75, 3.05) is 23.3 Å². The minimum absolute atomic E-state index is 0.152. The molecular weight excluding hydrogens is 368 g/mol. The van der Waals surface area contributed by atoms with Gasteiger partial charge in [0.05, 0.1) is 0 Å². The van der Waals surface area contributed by atoms with Crippen LogP contribution in [0.4, 0.5) is 11.5 Å². The maximum atomic E-state index is 12.8. The number of fused-ring (bicyclic) bond motifs is 1. The number of piperidine rings is 1. The fourth-order valence-electron chi connectivity index (χ4n) is 4.07. The Labute approximate surface area is 169 Å². The van der Waals surface area contributed by atoms with E-state index in [1.54, 1.807) is 12.4 Å². The van der Waals surface area contributed by atoms with Gasteiger partial charge >= 0.3 is 5.69 Å². The quantitative estimate of drug-likeness (QED) is 0.734. The second-order valence-electron chi connectivity index (χ2n) is 8.15. The Hall–Kier alpha value is -3.16. The molecule has 0 radical (unpaired) electrons. The van der Waals surface area contributed by atoms with Crippen LogP contribution in [0.25, 0.3) is 5.65 Å². The van der Waals surface area contributed by atoms with Crippen molar-refractivity contribution in [3.8, 4) is 0 Å². The highest BCUT2D eigenvalue weighted by Gasteiger charge is 2.25. The van der Waals surface area contributed by atoms with Crippen molar-refractivity contribution in [3.05, 3.63) is 52.7 Å². The highest BCUT2D eigenvalue weighted by Crippen LogP contribution is 2.26. The molecule has 2 aromatic heterocycles. The fraction of sp³-hybridized carbons (Fsp3) is 0.429. The Balaban J connectivity index is 1.59. The minimum Gasteiger partial charge on any atom is -0.353 e. The predicted octanol–water partition coefficient (Wildman–Crippen LogP) is 2.32. The maximum absolute atomic E-state index is 12.8. The van der Waals surface area contributed by atoms with E-state index in [0.717, 1.165) is 18.7 Å². The molecule has 0 unspecified atom stereocenters. The first kappa shape index (κ1) is 19.2. The number of hydrogen-bond acceptors (Lipinski definition) is 5.